The van der Waals surface area contributed by atoms with E-state index in [1.54, 1.807) is 18.7 Å². The maximum absolute atomic E-state index is 11.4. The van der Waals surface area contributed by atoms with Crippen molar-refractivity contribution in [2.45, 2.75) is 33.6 Å². The molecule has 0 radical (unpaired) electrons. The normalized spacial score (nSPS) is 12.2. The first-order valence-electron chi connectivity index (χ1n) is 5.38. The summed E-state index contributed by atoms with van der Waals surface area (Å²) >= 11 is 1.77. The molecule has 0 saturated heterocycles. The molecule has 0 aromatic carbocycles. The number of hydrogen-bond donors (Lipinski definition) is 0. The van der Waals surface area contributed by atoms with E-state index >= 15 is 0 Å². The number of ketones is 1. The Bertz CT molecular complexity index is 204. The topological polar surface area (TPSA) is 43.4 Å². The van der Waals surface area contributed by atoms with Gasteiger partial charge in [0.15, 0.2) is 0 Å². The zero-order valence-electron chi connectivity index (χ0n) is 9.75. The van der Waals surface area contributed by atoms with E-state index in [9.17, 15) is 9.59 Å². The van der Waals surface area contributed by atoms with Crippen LogP contribution in [0.1, 0.15) is 33.6 Å². The molecule has 0 aliphatic rings. The van der Waals surface area contributed by atoms with E-state index in [4.69, 9.17) is 4.74 Å². The maximum atomic E-state index is 11.4. The number of carbonyl (C=O) groups is 2. The highest BCUT2D eigenvalue weighted by atomic mass is 32.2. The van der Waals surface area contributed by atoms with E-state index < -0.39 is 5.92 Å². The molecule has 0 spiro atoms. The number of esters is 1. The van der Waals surface area contributed by atoms with Crippen LogP contribution >= 0.6 is 11.8 Å². The number of Topliss-reactive ketones (excluding diaryl/α,β-unsaturated/α-hetero) is 1. The minimum absolute atomic E-state index is 0.0921. The number of ether oxygens (including phenoxy) is 1. The van der Waals surface area contributed by atoms with Crippen LogP contribution in [0.5, 0.6) is 0 Å². The lowest BCUT2D eigenvalue weighted by molar-refractivity contribution is -0.151. The first kappa shape index (κ1) is 14.5. The molecule has 0 aliphatic carbocycles. The molecule has 0 rings (SSSR count). The first-order valence-corrected chi connectivity index (χ1v) is 6.53. The van der Waals surface area contributed by atoms with Crippen molar-refractivity contribution in [1.29, 1.82) is 0 Å². The number of thioether (sulfide) groups is 1. The predicted molar refractivity (Wildman–Crippen MR) is 63.0 cm³/mol. The van der Waals surface area contributed by atoms with Gasteiger partial charge in [0.2, 0.25) is 0 Å². The summed E-state index contributed by atoms with van der Waals surface area (Å²) in [4.78, 5) is 22.6. The highest BCUT2D eigenvalue weighted by Gasteiger charge is 2.23. The van der Waals surface area contributed by atoms with E-state index in [-0.39, 0.29) is 11.8 Å². The fourth-order valence-corrected chi connectivity index (χ4v) is 2.07. The van der Waals surface area contributed by atoms with E-state index in [2.05, 4.69) is 6.92 Å². The lowest BCUT2D eigenvalue weighted by Gasteiger charge is -2.11. The first-order chi connectivity index (χ1) is 7.13. The predicted octanol–water partition coefficient (Wildman–Crippen LogP) is 2.29. The summed E-state index contributed by atoms with van der Waals surface area (Å²) < 4.78 is 4.85. The fourth-order valence-electron chi connectivity index (χ4n) is 1.18. The van der Waals surface area contributed by atoms with Crippen molar-refractivity contribution in [1.82, 2.24) is 0 Å². The van der Waals surface area contributed by atoms with Crippen LogP contribution in [-0.4, -0.2) is 29.9 Å². The fraction of sp³-hybridized carbons (Fsp3) is 0.818. The summed E-state index contributed by atoms with van der Waals surface area (Å²) in [7, 11) is 0. The van der Waals surface area contributed by atoms with Crippen molar-refractivity contribution >= 4 is 23.5 Å². The quantitative estimate of drug-likeness (QED) is 0.366. The highest BCUT2D eigenvalue weighted by molar-refractivity contribution is 7.99. The van der Waals surface area contributed by atoms with E-state index in [0.29, 0.717) is 13.0 Å². The molecule has 15 heavy (non-hydrogen) atoms. The van der Waals surface area contributed by atoms with Gasteiger partial charge in [0.1, 0.15) is 11.7 Å². The molecule has 1 unspecified atom stereocenters. The van der Waals surface area contributed by atoms with Crippen LogP contribution in [0.25, 0.3) is 0 Å². The van der Waals surface area contributed by atoms with Crippen LogP contribution < -0.4 is 0 Å². The lowest BCUT2D eigenvalue weighted by atomic mass is 10.0. The smallest absolute Gasteiger partial charge is 0.316 e. The lowest BCUT2D eigenvalue weighted by Crippen LogP contribution is -2.25. The summed E-state index contributed by atoms with van der Waals surface area (Å²) in [6, 6.07) is 0. The Hall–Kier alpha value is -0.510. The minimum atomic E-state index is -0.561. The van der Waals surface area contributed by atoms with Crippen LogP contribution in [-0.2, 0) is 14.3 Å². The van der Waals surface area contributed by atoms with E-state index in [0.717, 1.165) is 17.9 Å². The molecule has 0 amide bonds. The van der Waals surface area contributed by atoms with Crippen molar-refractivity contribution in [3.63, 3.8) is 0 Å². The summed E-state index contributed by atoms with van der Waals surface area (Å²) in [5.74, 6) is 0.895. The van der Waals surface area contributed by atoms with Gasteiger partial charge in [0.05, 0.1) is 6.61 Å². The molecule has 0 fully saturated rings. The third kappa shape index (κ3) is 6.55. The Balaban J connectivity index is 3.94. The SMILES string of the molecule is CCCSCCC(C(C)=O)C(=O)OCC. The molecule has 0 N–H and O–H groups in total. The monoisotopic (exact) mass is 232 g/mol. The van der Waals surface area contributed by atoms with Gasteiger partial charge in [-0.2, -0.15) is 11.8 Å². The second-order valence-electron chi connectivity index (χ2n) is 3.32. The van der Waals surface area contributed by atoms with Crippen molar-refractivity contribution < 1.29 is 14.3 Å². The van der Waals surface area contributed by atoms with Crippen LogP contribution in [0, 0.1) is 5.92 Å². The molecule has 0 aromatic rings. The Morgan fingerprint density at radius 1 is 1.27 bits per heavy atom. The van der Waals surface area contributed by atoms with Crippen molar-refractivity contribution in [2.24, 2.45) is 5.92 Å². The van der Waals surface area contributed by atoms with E-state index in [1.807, 2.05) is 0 Å². The molecule has 0 heterocycles. The van der Waals surface area contributed by atoms with Gasteiger partial charge in [0, 0.05) is 0 Å². The van der Waals surface area contributed by atoms with Gasteiger partial charge in [-0.25, -0.2) is 0 Å². The van der Waals surface area contributed by atoms with Gasteiger partial charge < -0.3 is 4.74 Å². The second kappa shape index (κ2) is 8.77. The third-order valence-corrected chi connectivity index (χ3v) is 3.18. The third-order valence-electron chi connectivity index (χ3n) is 1.96. The molecule has 4 heteroatoms. The van der Waals surface area contributed by atoms with Crippen molar-refractivity contribution in [3.05, 3.63) is 0 Å². The van der Waals surface area contributed by atoms with Crippen LogP contribution in [0.2, 0.25) is 0 Å². The van der Waals surface area contributed by atoms with Crippen LogP contribution in [0.15, 0.2) is 0 Å². The molecule has 0 aromatic heterocycles. The van der Waals surface area contributed by atoms with Crippen LogP contribution in [0.4, 0.5) is 0 Å². The summed E-state index contributed by atoms with van der Waals surface area (Å²) in [5, 5.41) is 0. The van der Waals surface area contributed by atoms with Gasteiger partial charge in [-0.05, 0) is 38.2 Å². The molecular formula is C11H20O3S. The Kier molecular flexibility index (Phi) is 8.47. The molecule has 1 atom stereocenters. The van der Waals surface area contributed by atoms with Gasteiger partial charge in [-0.1, -0.05) is 6.92 Å². The molecule has 3 nitrogen and oxygen atoms in total. The van der Waals surface area contributed by atoms with E-state index in [1.165, 1.54) is 6.92 Å². The average molecular weight is 232 g/mol. The van der Waals surface area contributed by atoms with Gasteiger partial charge >= 0.3 is 5.97 Å². The van der Waals surface area contributed by atoms with Gasteiger partial charge in [-0.3, -0.25) is 9.59 Å². The minimum Gasteiger partial charge on any atom is -0.465 e. The maximum Gasteiger partial charge on any atom is 0.316 e. The Labute approximate surface area is 95.9 Å². The average Bonchev–Trinajstić information content (AvgIpc) is 2.17. The Morgan fingerprint density at radius 3 is 2.40 bits per heavy atom. The summed E-state index contributed by atoms with van der Waals surface area (Å²) in [5.41, 5.74) is 0. The number of carbonyl (C=O) groups excluding carboxylic acids is 2. The zero-order chi connectivity index (χ0) is 11.7. The molecule has 0 saturated carbocycles. The molecule has 88 valence electrons. The van der Waals surface area contributed by atoms with Crippen molar-refractivity contribution in [2.75, 3.05) is 18.1 Å². The molecule has 0 bridgehead atoms. The van der Waals surface area contributed by atoms with Crippen LogP contribution in [0.3, 0.4) is 0 Å². The van der Waals surface area contributed by atoms with Gasteiger partial charge in [-0.15, -0.1) is 0 Å². The second-order valence-corrected chi connectivity index (χ2v) is 4.54. The molecular weight excluding hydrogens is 212 g/mol. The molecule has 0 aliphatic heterocycles. The number of rotatable bonds is 8. The standard InChI is InChI=1S/C11H20O3S/c1-4-7-15-8-6-10(9(3)12)11(13)14-5-2/h10H,4-8H2,1-3H3. The highest BCUT2D eigenvalue weighted by Crippen LogP contribution is 2.13. The zero-order valence-corrected chi connectivity index (χ0v) is 10.6. The number of hydrogen-bond acceptors (Lipinski definition) is 4. The Morgan fingerprint density at radius 2 is 1.93 bits per heavy atom. The largest absolute Gasteiger partial charge is 0.465 e. The summed E-state index contributed by atoms with van der Waals surface area (Å²) in [6.07, 6.45) is 1.72. The van der Waals surface area contributed by atoms with Crippen molar-refractivity contribution in [3.8, 4) is 0 Å². The van der Waals surface area contributed by atoms with Gasteiger partial charge in [0.25, 0.3) is 0 Å². The summed E-state index contributed by atoms with van der Waals surface area (Å²) in [6.45, 7) is 5.65.